The van der Waals surface area contributed by atoms with Gasteiger partial charge < -0.3 is 10.5 Å². The summed E-state index contributed by atoms with van der Waals surface area (Å²) in [5.41, 5.74) is 3.76. The van der Waals surface area contributed by atoms with E-state index in [-0.39, 0.29) is 5.56 Å². The second-order valence-corrected chi connectivity index (χ2v) is 3.17. The molecule has 0 spiro atoms. The minimum absolute atomic E-state index is 0.151. The van der Waals surface area contributed by atoms with Crippen molar-refractivity contribution in [2.45, 2.75) is 20.0 Å². The molecule has 3 nitrogen and oxygen atoms in total. The Balaban J connectivity index is 3.34. The summed E-state index contributed by atoms with van der Waals surface area (Å²) >= 11 is 0. The maximum absolute atomic E-state index is 12.7. The maximum Gasteiger partial charge on any atom is 0.387 e. The molecule has 0 saturated heterocycles. The van der Waals surface area contributed by atoms with Gasteiger partial charge in [-0.2, -0.15) is 8.78 Å². The lowest BCUT2D eigenvalue weighted by Crippen LogP contribution is -2.09. The van der Waals surface area contributed by atoms with Crippen LogP contribution in [-0.2, 0) is 0 Å². The Bertz CT molecular complexity index is 435. The van der Waals surface area contributed by atoms with Gasteiger partial charge >= 0.3 is 6.61 Å². The summed E-state index contributed by atoms with van der Waals surface area (Å²) in [6.45, 7) is -2.11. The van der Waals surface area contributed by atoms with Crippen LogP contribution in [0.1, 0.15) is 29.3 Å². The number of Topliss-reactive ketones (excluding diaryl/α,β-unsaturated/α-hetero) is 1. The van der Waals surface area contributed by atoms with E-state index >= 15 is 0 Å². The van der Waals surface area contributed by atoms with Crippen molar-refractivity contribution < 1.29 is 27.1 Å². The van der Waals surface area contributed by atoms with Crippen molar-refractivity contribution in [1.29, 1.82) is 0 Å². The van der Waals surface area contributed by atoms with E-state index in [0.717, 1.165) is 19.1 Å². The topological polar surface area (TPSA) is 52.3 Å². The predicted molar refractivity (Wildman–Crippen MR) is 52.4 cm³/mol. The minimum atomic E-state index is -3.24. The second-order valence-electron chi connectivity index (χ2n) is 3.17. The third-order valence-corrected chi connectivity index (χ3v) is 2.06. The number of benzene rings is 1. The van der Waals surface area contributed by atoms with Gasteiger partial charge in [0.25, 0.3) is 6.43 Å². The number of carbonyl (C=O) groups is 1. The highest BCUT2D eigenvalue weighted by Crippen LogP contribution is 2.37. The van der Waals surface area contributed by atoms with E-state index in [4.69, 9.17) is 5.73 Å². The molecule has 0 aromatic heterocycles. The monoisotopic (exact) mass is 251 g/mol. The van der Waals surface area contributed by atoms with Gasteiger partial charge in [0, 0.05) is 5.56 Å². The standard InChI is InChI=1S/C10H9F4NO2/c1-4(16)5-2-3-6(17-10(13)14)7(8(5)15)9(11)12/h2-3,9-10H,15H2,1H3. The summed E-state index contributed by atoms with van der Waals surface area (Å²) < 4.78 is 53.2. The highest BCUT2D eigenvalue weighted by molar-refractivity contribution is 6.00. The molecule has 0 bridgehead atoms. The summed E-state index contributed by atoms with van der Waals surface area (Å²) in [4.78, 5) is 11.1. The molecule has 17 heavy (non-hydrogen) atoms. The minimum Gasteiger partial charge on any atom is -0.434 e. The lowest BCUT2D eigenvalue weighted by atomic mass is 10.0. The van der Waals surface area contributed by atoms with E-state index < -0.39 is 35.8 Å². The van der Waals surface area contributed by atoms with Gasteiger partial charge in [-0.15, -0.1) is 0 Å². The number of ketones is 1. The number of hydrogen-bond donors (Lipinski definition) is 1. The molecule has 1 aromatic carbocycles. The first-order valence-electron chi connectivity index (χ1n) is 4.50. The third-order valence-electron chi connectivity index (χ3n) is 2.06. The van der Waals surface area contributed by atoms with Gasteiger partial charge in [0.05, 0.1) is 11.3 Å². The molecule has 0 aliphatic heterocycles. The highest BCUT2D eigenvalue weighted by Gasteiger charge is 2.23. The first kappa shape index (κ1) is 13.3. The molecule has 0 radical (unpaired) electrons. The Kier molecular flexibility index (Phi) is 3.93. The smallest absolute Gasteiger partial charge is 0.387 e. The number of ether oxygens (including phenoxy) is 1. The first-order chi connectivity index (χ1) is 7.84. The average molecular weight is 251 g/mol. The number of alkyl halides is 4. The fraction of sp³-hybridized carbons (Fsp3) is 0.300. The van der Waals surface area contributed by atoms with Gasteiger partial charge in [-0.1, -0.05) is 0 Å². The summed E-state index contributed by atoms with van der Waals surface area (Å²) in [6.07, 6.45) is -3.11. The van der Waals surface area contributed by atoms with Gasteiger partial charge in [-0.05, 0) is 19.1 Å². The van der Waals surface area contributed by atoms with Crippen LogP contribution in [0.5, 0.6) is 5.75 Å². The summed E-state index contributed by atoms with van der Waals surface area (Å²) in [6, 6.07) is 1.95. The van der Waals surface area contributed by atoms with Gasteiger partial charge in [-0.25, -0.2) is 8.78 Å². The van der Waals surface area contributed by atoms with Gasteiger partial charge in [0.2, 0.25) is 0 Å². The van der Waals surface area contributed by atoms with Gasteiger partial charge in [-0.3, -0.25) is 4.79 Å². The van der Waals surface area contributed by atoms with Gasteiger partial charge in [0.15, 0.2) is 5.78 Å². The van der Waals surface area contributed by atoms with E-state index in [2.05, 4.69) is 4.74 Å². The van der Waals surface area contributed by atoms with Crippen LogP contribution in [0.3, 0.4) is 0 Å². The largest absolute Gasteiger partial charge is 0.434 e. The summed E-state index contributed by atoms with van der Waals surface area (Å²) in [5, 5.41) is 0. The zero-order valence-corrected chi connectivity index (χ0v) is 8.72. The Hall–Kier alpha value is -1.79. The van der Waals surface area contributed by atoms with Crippen LogP contribution in [0.15, 0.2) is 12.1 Å². The normalized spacial score (nSPS) is 11.0. The number of nitrogen functional groups attached to an aromatic ring is 1. The van der Waals surface area contributed by atoms with Crippen LogP contribution in [0.25, 0.3) is 0 Å². The molecule has 0 saturated carbocycles. The van der Waals surface area contributed by atoms with Crippen molar-refractivity contribution in [3.8, 4) is 5.75 Å². The van der Waals surface area contributed by atoms with Crippen molar-refractivity contribution >= 4 is 11.5 Å². The van der Waals surface area contributed by atoms with Gasteiger partial charge in [0.1, 0.15) is 5.75 Å². The number of carbonyl (C=O) groups excluding carboxylic acids is 1. The lowest BCUT2D eigenvalue weighted by Gasteiger charge is -2.14. The molecule has 1 aromatic rings. The molecule has 94 valence electrons. The van der Waals surface area contributed by atoms with E-state index in [1.807, 2.05) is 0 Å². The fourth-order valence-electron chi connectivity index (χ4n) is 1.35. The van der Waals surface area contributed by atoms with E-state index in [9.17, 15) is 22.4 Å². The Morgan fingerprint density at radius 3 is 2.29 bits per heavy atom. The molecule has 0 aliphatic carbocycles. The van der Waals surface area contributed by atoms with Crippen LogP contribution in [0.4, 0.5) is 23.2 Å². The van der Waals surface area contributed by atoms with E-state index in [0.29, 0.717) is 0 Å². The lowest BCUT2D eigenvalue weighted by molar-refractivity contribution is -0.0518. The Morgan fingerprint density at radius 1 is 1.29 bits per heavy atom. The number of hydrogen-bond acceptors (Lipinski definition) is 3. The van der Waals surface area contributed by atoms with Crippen LogP contribution >= 0.6 is 0 Å². The van der Waals surface area contributed by atoms with Crippen LogP contribution in [0, 0.1) is 0 Å². The molecular weight excluding hydrogens is 242 g/mol. The molecule has 0 unspecified atom stereocenters. The fourth-order valence-corrected chi connectivity index (χ4v) is 1.35. The van der Waals surface area contributed by atoms with E-state index in [1.165, 1.54) is 0 Å². The number of nitrogens with two attached hydrogens (primary N) is 1. The summed E-state index contributed by atoms with van der Waals surface area (Å²) in [5.74, 6) is -1.26. The maximum atomic E-state index is 12.7. The molecule has 1 rings (SSSR count). The predicted octanol–water partition coefficient (Wildman–Crippen LogP) is 3.01. The van der Waals surface area contributed by atoms with Crippen molar-refractivity contribution in [3.63, 3.8) is 0 Å². The number of rotatable bonds is 4. The SMILES string of the molecule is CC(=O)c1ccc(OC(F)F)c(C(F)F)c1N. The van der Waals surface area contributed by atoms with Crippen LogP contribution < -0.4 is 10.5 Å². The summed E-state index contributed by atoms with van der Waals surface area (Å²) in [7, 11) is 0. The van der Waals surface area contributed by atoms with Crippen molar-refractivity contribution in [1.82, 2.24) is 0 Å². The van der Waals surface area contributed by atoms with Crippen molar-refractivity contribution in [3.05, 3.63) is 23.3 Å². The molecular formula is C10H9F4NO2. The molecule has 7 heteroatoms. The van der Waals surface area contributed by atoms with Crippen molar-refractivity contribution in [2.24, 2.45) is 0 Å². The quantitative estimate of drug-likeness (QED) is 0.508. The second kappa shape index (κ2) is 5.03. The Labute approximate surface area is 94.2 Å². The molecule has 0 amide bonds. The molecule has 0 aliphatic rings. The number of halogens is 4. The molecule has 2 N–H and O–H groups in total. The third kappa shape index (κ3) is 2.86. The number of anilines is 1. The molecule has 0 heterocycles. The Morgan fingerprint density at radius 2 is 1.88 bits per heavy atom. The average Bonchev–Trinajstić information content (AvgIpc) is 2.15. The highest BCUT2D eigenvalue weighted by atomic mass is 19.3. The molecule has 0 fully saturated rings. The zero-order valence-electron chi connectivity index (χ0n) is 8.72. The van der Waals surface area contributed by atoms with Crippen LogP contribution in [-0.4, -0.2) is 12.4 Å². The molecule has 0 atom stereocenters. The first-order valence-corrected chi connectivity index (χ1v) is 4.50. The van der Waals surface area contributed by atoms with Crippen LogP contribution in [0.2, 0.25) is 0 Å². The zero-order chi connectivity index (χ0) is 13.2. The van der Waals surface area contributed by atoms with E-state index in [1.54, 1.807) is 0 Å². The van der Waals surface area contributed by atoms with Crippen molar-refractivity contribution in [2.75, 3.05) is 5.73 Å².